The first-order valence-corrected chi connectivity index (χ1v) is 8.81. The van der Waals surface area contributed by atoms with Crippen molar-refractivity contribution in [1.29, 1.82) is 0 Å². The van der Waals surface area contributed by atoms with Crippen molar-refractivity contribution < 1.29 is 4.79 Å². The van der Waals surface area contributed by atoms with E-state index in [1.807, 2.05) is 0 Å². The van der Waals surface area contributed by atoms with Gasteiger partial charge in [-0.15, -0.1) is 0 Å². The number of nitrogens with zero attached hydrogens (tertiary/aromatic N) is 1. The minimum absolute atomic E-state index is 0.424. The van der Waals surface area contributed by atoms with Crippen LogP contribution in [0.5, 0.6) is 0 Å². The molecule has 1 aliphatic heterocycles. The highest BCUT2D eigenvalue weighted by Gasteiger charge is 2.26. The van der Waals surface area contributed by atoms with Gasteiger partial charge in [0.1, 0.15) is 0 Å². The maximum Gasteiger partial charge on any atom is 0.223 e. The Labute approximate surface area is 124 Å². The maximum absolute atomic E-state index is 12.7. The van der Waals surface area contributed by atoms with Gasteiger partial charge in [0.25, 0.3) is 0 Å². The third-order valence-corrected chi connectivity index (χ3v) is 4.93. The molecule has 0 aromatic rings. The van der Waals surface area contributed by atoms with Gasteiger partial charge in [0.15, 0.2) is 0 Å². The lowest BCUT2D eigenvalue weighted by atomic mass is 9.95. The van der Waals surface area contributed by atoms with Crippen LogP contribution in [0.25, 0.3) is 0 Å². The molecule has 1 unspecified atom stereocenters. The van der Waals surface area contributed by atoms with Crippen LogP contribution in [0.4, 0.5) is 0 Å². The molecule has 3 nitrogen and oxygen atoms in total. The summed E-state index contributed by atoms with van der Waals surface area (Å²) in [5.74, 6) is 1.08. The maximum atomic E-state index is 12.7. The molecule has 0 spiro atoms. The average Bonchev–Trinajstić information content (AvgIpc) is 2.74. The quantitative estimate of drug-likeness (QED) is 0.783. The van der Waals surface area contributed by atoms with E-state index in [2.05, 4.69) is 17.1 Å². The van der Waals surface area contributed by atoms with Gasteiger partial charge in [0.05, 0.1) is 0 Å². The van der Waals surface area contributed by atoms with Crippen LogP contribution in [-0.2, 0) is 4.79 Å². The number of piperidine rings is 1. The van der Waals surface area contributed by atoms with Crippen molar-refractivity contribution in [1.82, 2.24) is 10.2 Å². The monoisotopic (exact) mass is 280 g/mol. The van der Waals surface area contributed by atoms with E-state index in [9.17, 15) is 4.79 Å². The molecule has 3 heteroatoms. The lowest BCUT2D eigenvalue weighted by Gasteiger charge is -2.35. The minimum Gasteiger partial charge on any atom is -0.338 e. The number of carbonyl (C=O) groups is 1. The van der Waals surface area contributed by atoms with E-state index < -0.39 is 0 Å². The molecule has 20 heavy (non-hydrogen) atoms. The van der Waals surface area contributed by atoms with Crippen LogP contribution < -0.4 is 5.32 Å². The van der Waals surface area contributed by atoms with E-state index in [4.69, 9.17) is 0 Å². The summed E-state index contributed by atoms with van der Waals surface area (Å²) in [5, 5.41) is 3.45. The molecule has 116 valence electrons. The first-order valence-electron chi connectivity index (χ1n) is 8.81. The molecule has 0 bridgehead atoms. The summed E-state index contributed by atoms with van der Waals surface area (Å²) in [6.07, 6.45) is 12.2. The molecule has 1 aliphatic carbocycles. The summed E-state index contributed by atoms with van der Waals surface area (Å²) in [7, 11) is 0. The van der Waals surface area contributed by atoms with Crippen LogP contribution in [0.2, 0.25) is 0 Å². The second-order valence-electron chi connectivity index (χ2n) is 6.65. The van der Waals surface area contributed by atoms with Crippen LogP contribution in [0.15, 0.2) is 0 Å². The zero-order valence-corrected chi connectivity index (χ0v) is 13.2. The van der Waals surface area contributed by atoms with Crippen molar-refractivity contribution in [3.8, 4) is 0 Å². The van der Waals surface area contributed by atoms with Crippen LogP contribution in [0.3, 0.4) is 0 Å². The van der Waals surface area contributed by atoms with Crippen LogP contribution >= 0.6 is 0 Å². The number of amides is 1. The van der Waals surface area contributed by atoms with Gasteiger partial charge in [-0.3, -0.25) is 4.79 Å². The molecule has 0 aromatic carbocycles. The van der Waals surface area contributed by atoms with Gasteiger partial charge in [-0.2, -0.15) is 0 Å². The summed E-state index contributed by atoms with van der Waals surface area (Å²) in [4.78, 5) is 14.9. The zero-order valence-electron chi connectivity index (χ0n) is 13.2. The third-order valence-electron chi connectivity index (χ3n) is 4.93. The first-order chi connectivity index (χ1) is 9.81. The van der Waals surface area contributed by atoms with Gasteiger partial charge in [0.2, 0.25) is 5.91 Å². The molecule has 1 atom stereocenters. The summed E-state index contributed by atoms with van der Waals surface area (Å²) >= 11 is 0. The van der Waals surface area contributed by atoms with Crippen molar-refractivity contribution >= 4 is 5.91 Å². The van der Waals surface area contributed by atoms with Gasteiger partial charge < -0.3 is 10.2 Å². The third kappa shape index (κ3) is 4.76. The summed E-state index contributed by atoms with van der Waals surface area (Å²) in [5.41, 5.74) is 0. The van der Waals surface area contributed by atoms with Crippen molar-refractivity contribution in [2.45, 2.75) is 77.2 Å². The highest BCUT2D eigenvalue weighted by Crippen LogP contribution is 2.26. The number of hydrogen-bond donors (Lipinski definition) is 1. The molecule has 1 amide bonds. The largest absolute Gasteiger partial charge is 0.338 e. The van der Waals surface area contributed by atoms with E-state index in [0.29, 0.717) is 17.9 Å². The van der Waals surface area contributed by atoms with Crippen LogP contribution in [-0.4, -0.2) is 36.5 Å². The first kappa shape index (κ1) is 15.8. The normalized spacial score (nSPS) is 25.1. The molecule has 2 rings (SSSR count). The molecule has 2 aliphatic rings. The molecule has 0 aromatic heterocycles. The molecule has 1 saturated heterocycles. The highest BCUT2D eigenvalue weighted by molar-refractivity contribution is 5.76. The van der Waals surface area contributed by atoms with Crippen LogP contribution in [0, 0.1) is 5.92 Å². The fraction of sp³-hybridized carbons (Fsp3) is 0.941. The second kappa shape index (κ2) is 8.66. The summed E-state index contributed by atoms with van der Waals surface area (Å²) in [6, 6.07) is 0.446. The smallest absolute Gasteiger partial charge is 0.223 e. The lowest BCUT2D eigenvalue weighted by Crippen LogP contribution is -2.49. The Morgan fingerprint density at radius 3 is 2.45 bits per heavy atom. The van der Waals surface area contributed by atoms with Gasteiger partial charge >= 0.3 is 0 Å². The van der Waals surface area contributed by atoms with Gasteiger partial charge in [-0.1, -0.05) is 32.6 Å². The minimum atomic E-state index is 0.424. The fourth-order valence-corrected chi connectivity index (χ4v) is 3.78. The van der Waals surface area contributed by atoms with Crippen molar-refractivity contribution in [2.24, 2.45) is 5.92 Å². The van der Waals surface area contributed by atoms with Gasteiger partial charge in [0, 0.05) is 25.6 Å². The van der Waals surface area contributed by atoms with Crippen molar-refractivity contribution in [3.05, 3.63) is 0 Å². The number of hydrogen-bond acceptors (Lipinski definition) is 2. The lowest BCUT2D eigenvalue weighted by molar-refractivity contribution is -0.135. The molecular weight excluding hydrogens is 248 g/mol. The topological polar surface area (TPSA) is 32.3 Å². The van der Waals surface area contributed by atoms with Gasteiger partial charge in [-0.05, 0) is 44.6 Å². The zero-order chi connectivity index (χ0) is 14.2. The van der Waals surface area contributed by atoms with E-state index >= 15 is 0 Å². The van der Waals surface area contributed by atoms with Crippen LogP contribution in [0.1, 0.15) is 71.1 Å². The molecular formula is C17H32N2O. The van der Waals surface area contributed by atoms with E-state index in [0.717, 1.165) is 32.5 Å². The average molecular weight is 280 g/mol. The van der Waals surface area contributed by atoms with Gasteiger partial charge in [-0.25, -0.2) is 0 Å². The Morgan fingerprint density at radius 1 is 1.10 bits per heavy atom. The van der Waals surface area contributed by atoms with Crippen molar-refractivity contribution in [3.63, 3.8) is 0 Å². The molecule has 1 saturated carbocycles. The fourth-order valence-electron chi connectivity index (χ4n) is 3.78. The summed E-state index contributed by atoms with van der Waals surface area (Å²) < 4.78 is 0. The molecule has 0 radical (unpaired) electrons. The summed E-state index contributed by atoms with van der Waals surface area (Å²) in [6.45, 7) is 5.24. The Kier molecular flexibility index (Phi) is 6.85. The number of rotatable bonds is 5. The Bertz CT molecular complexity index is 279. The second-order valence-corrected chi connectivity index (χ2v) is 6.65. The predicted octanol–water partition coefficient (Wildman–Crippen LogP) is 3.34. The number of nitrogens with one attached hydrogen (secondary N) is 1. The highest BCUT2D eigenvalue weighted by atomic mass is 16.2. The number of carbonyl (C=O) groups excluding carboxylic acids is 1. The predicted molar refractivity (Wildman–Crippen MR) is 83.7 cm³/mol. The Morgan fingerprint density at radius 2 is 1.85 bits per heavy atom. The Hall–Kier alpha value is -0.570. The SMILES string of the molecule is CCCN(C(=O)CC1CCCCCC1)C1CCCNC1. The molecule has 2 fully saturated rings. The molecule has 1 N–H and O–H groups in total. The van der Waals surface area contributed by atoms with E-state index in [-0.39, 0.29) is 0 Å². The molecule has 1 heterocycles. The standard InChI is InChI=1S/C17H32N2O/c1-2-12-19(16-10-7-11-18-14-16)17(20)13-15-8-5-3-4-6-9-15/h15-16,18H,2-14H2,1H3. The van der Waals surface area contributed by atoms with E-state index in [1.54, 1.807) is 0 Å². The van der Waals surface area contributed by atoms with Crippen molar-refractivity contribution in [2.75, 3.05) is 19.6 Å². The van der Waals surface area contributed by atoms with E-state index in [1.165, 1.54) is 51.4 Å². The Balaban J connectivity index is 1.87.